The Morgan fingerprint density at radius 1 is 1.31 bits per heavy atom. The summed E-state index contributed by atoms with van der Waals surface area (Å²) < 4.78 is 3.19. The van der Waals surface area contributed by atoms with Crippen LogP contribution in [-0.4, -0.2) is 20.1 Å². The van der Waals surface area contributed by atoms with Crippen LogP contribution < -0.4 is 10.0 Å². The highest BCUT2D eigenvalue weighted by atomic mass is 32.2. The van der Waals surface area contributed by atoms with Gasteiger partial charge in [-0.05, 0) is 75.0 Å². The lowest BCUT2D eigenvalue weighted by Crippen LogP contribution is -2.26. The minimum atomic E-state index is 0.734. The van der Waals surface area contributed by atoms with Crippen LogP contribution in [0.25, 0.3) is 0 Å². The predicted octanol–water partition coefficient (Wildman–Crippen LogP) is 2.69. The Hall–Kier alpha value is -0.510. The van der Waals surface area contributed by atoms with E-state index in [4.69, 9.17) is 0 Å². The third kappa shape index (κ3) is 2.78. The number of aryl methyl sites for hydroxylation is 1. The van der Waals surface area contributed by atoms with E-state index in [1.165, 1.54) is 28.9 Å². The molecule has 1 aliphatic rings. The standard InChI is InChI=1S/C13H20N2S/c1-10-3-4-12(13(9-10)16-14-2)11-5-7-15-8-6-11/h3-4,9,11,14-15H,5-8H2,1-2H3. The van der Waals surface area contributed by atoms with Crippen molar-refractivity contribution < 1.29 is 0 Å². The van der Waals surface area contributed by atoms with Gasteiger partial charge in [-0.2, -0.15) is 0 Å². The van der Waals surface area contributed by atoms with Crippen LogP contribution in [-0.2, 0) is 0 Å². The molecule has 1 aromatic carbocycles. The van der Waals surface area contributed by atoms with Crippen molar-refractivity contribution in [1.29, 1.82) is 0 Å². The number of nitrogens with one attached hydrogen (secondary N) is 2. The van der Waals surface area contributed by atoms with Crippen molar-refractivity contribution >= 4 is 11.9 Å². The van der Waals surface area contributed by atoms with Gasteiger partial charge in [-0.15, -0.1) is 0 Å². The second-order valence-corrected chi connectivity index (χ2v) is 5.42. The van der Waals surface area contributed by atoms with E-state index in [1.807, 2.05) is 7.05 Å². The molecule has 0 aromatic heterocycles. The van der Waals surface area contributed by atoms with Gasteiger partial charge in [0.05, 0.1) is 0 Å². The van der Waals surface area contributed by atoms with Crippen molar-refractivity contribution in [2.24, 2.45) is 0 Å². The van der Waals surface area contributed by atoms with E-state index in [0.717, 1.165) is 19.0 Å². The topological polar surface area (TPSA) is 24.1 Å². The first-order valence-electron chi connectivity index (χ1n) is 5.96. The average Bonchev–Trinajstić information content (AvgIpc) is 2.31. The molecule has 0 amide bonds. The summed E-state index contributed by atoms with van der Waals surface area (Å²) in [4.78, 5) is 1.40. The van der Waals surface area contributed by atoms with Crippen molar-refractivity contribution in [3.8, 4) is 0 Å². The van der Waals surface area contributed by atoms with E-state index in [9.17, 15) is 0 Å². The molecule has 0 atom stereocenters. The molecule has 2 N–H and O–H groups in total. The van der Waals surface area contributed by atoms with Crippen molar-refractivity contribution in [1.82, 2.24) is 10.0 Å². The molecule has 1 saturated heterocycles. The first kappa shape index (κ1) is 12.0. The lowest BCUT2D eigenvalue weighted by atomic mass is 9.90. The molecule has 0 aliphatic carbocycles. The molecule has 88 valence electrons. The van der Waals surface area contributed by atoms with Gasteiger partial charge in [-0.25, -0.2) is 0 Å². The SMILES string of the molecule is CNSc1cc(C)ccc1C1CCNCC1. The second kappa shape index (κ2) is 5.71. The molecule has 0 spiro atoms. The highest BCUT2D eigenvalue weighted by Gasteiger charge is 2.18. The van der Waals surface area contributed by atoms with Gasteiger partial charge >= 0.3 is 0 Å². The zero-order valence-corrected chi connectivity index (χ0v) is 10.9. The van der Waals surface area contributed by atoms with Gasteiger partial charge in [0.15, 0.2) is 0 Å². The molecule has 16 heavy (non-hydrogen) atoms. The quantitative estimate of drug-likeness (QED) is 0.789. The molecular weight excluding hydrogens is 216 g/mol. The van der Waals surface area contributed by atoms with Gasteiger partial charge in [0, 0.05) is 4.90 Å². The maximum Gasteiger partial charge on any atom is 0.0265 e. The van der Waals surface area contributed by atoms with Crippen LogP contribution in [0.1, 0.15) is 29.9 Å². The van der Waals surface area contributed by atoms with Gasteiger partial charge < -0.3 is 5.32 Å². The van der Waals surface area contributed by atoms with Gasteiger partial charge in [-0.1, -0.05) is 12.1 Å². The maximum atomic E-state index is 3.42. The van der Waals surface area contributed by atoms with Crippen LogP contribution >= 0.6 is 11.9 Å². The van der Waals surface area contributed by atoms with Gasteiger partial charge in [0.25, 0.3) is 0 Å². The number of piperidine rings is 1. The lowest BCUT2D eigenvalue weighted by molar-refractivity contribution is 0.456. The Kier molecular flexibility index (Phi) is 4.27. The van der Waals surface area contributed by atoms with Crippen molar-refractivity contribution in [3.05, 3.63) is 29.3 Å². The fourth-order valence-electron chi connectivity index (χ4n) is 2.31. The monoisotopic (exact) mass is 236 g/mol. The molecule has 0 unspecified atom stereocenters. The summed E-state index contributed by atoms with van der Waals surface area (Å²) in [5.74, 6) is 0.734. The Morgan fingerprint density at radius 2 is 2.06 bits per heavy atom. The van der Waals surface area contributed by atoms with Crippen LogP contribution in [0, 0.1) is 6.92 Å². The Morgan fingerprint density at radius 3 is 2.75 bits per heavy atom. The molecule has 0 saturated carbocycles. The summed E-state index contributed by atoms with van der Waals surface area (Å²) in [6.07, 6.45) is 2.53. The summed E-state index contributed by atoms with van der Waals surface area (Å²) in [5.41, 5.74) is 2.86. The molecule has 1 aromatic rings. The van der Waals surface area contributed by atoms with Crippen LogP contribution in [0.15, 0.2) is 23.1 Å². The molecule has 2 rings (SSSR count). The number of hydrogen-bond acceptors (Lipinski definition) is 3. The van der Waals surface area contributed by atoms with Crippen molar-refractivity contribution in [2.45, 2.75) is 30.6 Å². The zero-order valence-electron chi connectivity index (χ0n) is 10.0. The van der Waals surface area contributed by atoms with Crippen molar-refractivity contribution in [2.75, 3.05) is 20.1 Å². The third-order valence-electron chi connectivity index (χ3n) is 3.16. The highest BCUT2D eigenvalue weighted by molar-refractivity contribution is 7.97. The van der Waals surface area contributed by atoms with E-state index < -0.39 is 0 Å². The molecule has 1 aliphatic heterocycles. The fourth-order valence-corrected chi connectivity index (χ4v) is 3.13. The minimum Gasteiger partial charge on any atom is -0.317 e. The normalized spacial score (nSPS) is 17.6. The number of hydrogen-bond donors (Lipinski definition) is 2. The summed E-state index contributed by atoms with van der Waals surface area (Å²) >= 11 is 1.74. The van der Waals surface area contributed by atoms with Crippen LogP contribution in [0.4, 0.5) is 0 Å². The Balaban J connectivity index is 2.23. The zero-order chi connectivity index (χ0) is 11.4. The predicted molar refractivity (Wildman–Crippen MR) is 70.9 cm³/mol. The number of rotatable bonds is 3. The molecule has 2 nitrogen and oxygen atoms in total. The van der Waals surface area contributed by atoms with Crippen LogP contribution in [0.3, 0.4) is 0 Å². The average molecular weight is 236 g/mol. The largest absolute Gasteiger partial charge is 0.317 e. The van der Waals surface area contributed by atoms with Crippen molar-refractivity contribution in [3.63, 3.8) is 0 Å². The minimum absolute atomic E-state index is 0.734. The van der Waals surface area contributed by atoms with E-state index in [0.29, 0.717) is 0 Å². The second-order valence-electron chi connectivity index (χ2n) is 4.37. The Labute approximate surface area is 102 Å². The molecule has 1 heterocycles. The molecule has 0 radical (unpaired) electrons. The summed E-state index contributed by atoms with van der Waals surface area (Å²) in [6, 6.07) is 6.83. The molecule has 0 bridgehead atoms. The first-order chi connectivity index (χ1) is 7.81. The summed E-state index contributed by atoms with van der Waals surface area (Å²) in [6.45, 7) is 4.47. The smallest absolute Gasteiger partial charge is 0.0265 e. The molecule has 1 fully saturated rings. The summed E-state index contributed by atoms with van der Waals surface area (Å²) in [5, 5.41) is 3.42. The first-order valence-corrected chi connectivity index (χ1v) is 6.78. The Bertz CT molecular complexity index is 346. The van der Waals surface area contributed by atoms with Gasteiger partial charge in [0.2, 0.25) is 0 Å². The van der Waals surface area contributed by atoms with Crippen LogP contribution in [0.5, 0.6) is 0 Å². The van der Waals surface area contributed by atoms with E-state index in [2.05, 4.69) is 35.2 Å². The van der Waals surface area contributed by atoms with E-state index >= 15 is 0 Å². The van der Waals surface area contributed by atoms with Crippen LogP contribution in [0.2, 0.25) is 0 Å². The number of benzene rings is 1. The van der Waals surface area contributed by atoms with E-state index in [1.54, 1.807) is 11.9 Å². The molecular formula is C13H20N2S. The van der Waals surface area contributed by atoms with Gasteiger partial charge in [0.1, 0.15) is 0 Å². The lowest BCUT2D eigenvalue weighted by Gasteiger charge is -2.25. The highest BCUT2D eigenvalue weighted by Crippen LogP contribution is 2.32. The third-order valence-corrected chi connectivity index (χ3v) is 3.94. The fraction of sp³-hybridized carbons (Fsp3) is 0.538. The molecule has 3 heteroatoms. The van der Waals surface area contributed by atoms with Gasteiger partial charge in [-0.3, -0.25) is 4.72 Å². The summed E-state index contributed by atoms with van der Waals surface area (Å²) in [7, 11) is 1.99. The van der Waals surface area contributed by atoms with E-state index in [-0.39, 0.29) is 0 Å². The maximum absolute atomic E-state index is 3.42.